The number of ether oxygens (including phenoxy) is 1. The Balaban J connectivity index is 1.88. The Kier molecular flexibility index (Phi) is 5.52. The van der Waals surface area contributed by atoms with Crippen LogP contribution in [0.3, 0.4) is 0 Å². The van der Waals surface area contributed by atoms with Crippen LogP contribution in [0.25, 0.3) is 0 Å². The van der Waals surface area contributed by atoms with Gasteiger partial charge in [0.05, 0.1) is 18.8 Å². The lowest BCUT2D eigenvalue weighted by Crippen LogP contribution is -2.40. The fraction of sp³-hybridized carbons (Fsp3) is 0.533. The number of carbonyl (C=O) groups excluding carboxylic acids is 1. The number of aliphatic hydroxyl groups excluding tert-OH is 1. The molecule has 0 unspecified atom stereocenters. The predicted octanol–water partition coefficient (Wildman–Crippen LogP) is 0.562. The van der Waals surface area contributed by atoms with E-state index in [0.29, 0.717) is 32.7 Å². The second-order valence-electron chi connectivity index (χ2n) is 4.97. The average molecular weight is 278 g/mol. The zero-order chi connectivity index (χ0) is 14.4. The molecule has 1 amide bonds. The Bertz CT molecular complexity index is 450. The molecule has 1 aromatic carbocycles. The van der Waals surface area contributed by atoms with Crippen molar-refractivity contribution in [3.63, 3.8) is 0 Å². The van der Waals surface area contributed by atoms with E-state index in [9.17, 15) is 9.90 Å². The van der Waals surface area contributed by atoms with Gasteiger partial charge in [-0.1, -0.05) is 24.3 Å². The molecule has 1 saturated heterocycles. The summed E-state index contributed by atoms with van der Waals surface area (Å²) in [7, 11) is 0. The Morgan fingerprint density at radius 2 is 2.20 bits per heavy atom. The van der Waals surface area contributed by atoms with E-state index < -0.39 is 6.10 Å². The largest absolute Gasteiger partial charge is 0.392 e. The number of β-amino-alcohol motifs (C(OH)–C–C–N with tert-alkyl or cyclic N) is 1. The van der Waals surface area contributed by atoms with Gasteiger partial charge < -0.3 is 20.5 Å². The number of amides is 1. The van der Waals surface area contributed by atoms with Crippen LogP contribution >= 0.6 is 0 Å². The topological polar surface area (TPSA) is 70.6 Å². The van der Waals surface area contributed by atoms with Gasteiger partial charge in [-0.2, -0.15) is 0 Å². The third-order valence-electron chi connectivity index (χ3n) is 3.46. The number of benzene rings is 1. The molecule has 1 heterocycles. The third-order valence-corrected chi connectivity index (χ3v) is 3.46. The van der Waals surface area contributed by atoms with E-state index in [1.165, 1.54) is 0 Å². The molecule has 1 aliphatic rings. The lowest BCUT2D eigenvalue weighted by molar-refractivity contribution is -0.123. The van der Waals surface area contributed by atoms with Gasteiger partial charge in [0.25, 0.3) is 0 Å². The fourth-order valence-electron chi connectivity index (χ4n) is 2.31. The summed E-state index contributed by atoms with van der Waals surface area (Å²) in [5, 5.41) is 15.3. The van der Waals surface area contributed by atoms with Gasteiger partial charge in [0, 0.05) is 19.7 Å². The van der Waals surface area contributed by atoms with E-state index in [1.807, 2.05) is 31.2 Å². The lowest BCUT2D eigenvalue weighted by Gasteiger charge is -2.13. The maximum Gasteiger partial charge on any atom is 0.237 e. The van der Waals surface area contributed by atoms with Crippen LogP contribution in [-0.2, 0) is 22.7 Å². The highest BCUT2D eigenvalue weighted by atomic mass is 16.5. The molecule has 0 bridgehead atoms. The standard InChI is InChI=1S/C15H22N2O3/c1-2-20-10-12-6-4-3-5-11(12)8-17-15(19)14-7-13(18)9-16-14/h3-6,13-14,16,18H,2,7-10H2,1H3,(H,17,19)/t13-,14+/m1/s1. The minimum Gasteiger partial charge on any atom is -0.392 e. The highest BCUT2D eigenvalue weighted by Crippen LogP contribution is 2.11. The number of nitrogens with one attached hydrogen (secondary N) is 2. The van der Waals surface area contributed by atoms with Crippen molar-refractivity contribution < 1.29 is 14.6 Å². The summed E-state index contributed by atoms with van der Waals surface area (Å²) >= 11 is 0. The molecule has 5 heteroatoms. The third kappa shape index (κ3) is 4.03. The van der Waals surface area contributed by atoms with Crippen LogP contribution in [0, 0.1) is 0 Å². The van der Waals surface area contributed by atoms with Crippen molar-refractivity contribution in [3.05, 3.63) is 35.4 Å². The van der Waals surface area contributed by atoms with Crippen LogP contribution in [-0.4, -0.2) is 36.3 Å². The van der Waals surface area contributed by atoms with E-state index in [2.05, 4.69) is 10.6 Å². The molecule has 2 atom stereocenters. The van der Waals surface area contributed by atoms with Crippen molar-refractivity contribution >= 4 is 5.91 Å². The fourth-order valence-corrected chi connectivity index (χ4v) is 2.31. The first kappa shape index (κ1) is 15.0. The molecule has 3 N–H and O–H groups in total. The summed E-state index contributed by atoms with van der Waals surface area (Å²) in [6, 6.07) is 7.63. The highest BCUT2D eigenvalue weighted by Gasteiger charge is 2.27. The summed E-state index contributed by atoms with van der Waals surface area (Å²) in [5.74, 6) is -0.0623. The van der Waals surface area contributed by atoms with E-state index in [1.54, 1.807) is 0 Å². The van der Waals surface area contributed by atoms with Crippen LogP contribution in [0.1, 0.15) is 24.5 Å². The van der Waals surface area contributed by atoms with Crippen molar-refractivity contribution in [2.24, 2.45) is 0 Å². The molecule has 0 saturated carbocycles. The van der Waals surface area contributed by atoms with Gasteiger partial charge in [-0.15, -0.1) is 0 Å². The number of aliphatic hydroxyl groups is 1. The zero-order valence-corrected chi connectivity index (χ0v) is 11.8. The van der Waals surface area contributed by atoms with Crippen LogP contribution in [0.5, 0.6) is 0 Å². The Hall–Kier alpha value is -1.43. The molecule has 110 valence electrons. The zero-order valence-electron chi connectivity index (χ0n) is 11.8. The van der Waals surface area contributed by atoms with Crippen molar-refractivity contribution in [1.82, 2.24) is 10.6 Å². The number of rotatable bonds is 6. The Morgan fingerprint density at radius 1 is 1.45 bits per heavy atom. The maximum absolute atomic E-state index is 12.0. The van der Waals surface area contributed by atoms with E-state index >= 15 is 0 Å². The molecule has 1 aromatic rings. The molecule has 5 nitrogen and oxygen atoms in total. The van der Waals surface area contributed by atoms with Crippen LogP contribution in [0.2, 0.25) is 0 Å². The van der Waals surface area contributed by atoms with Gasteiger partial charge in [-0.05, 0) is 24.5 Å². The first-order valence-electron chi connectivity index (χ1n) is 7.04. The molecule has 1 aliphatic heterocycles. The number of hydrogen-bond acceptors (Lipinski definition) is 4. The van der Waals surface area contributed by atoms with Gasteiger partial charge in [0.15, 0.2) is 0 Å². The smallest absolute Gasteiger partial charge is 0.237 e. The van der Waals surface area contributed by atoms with Crippen LogP contribution in [0.15, 0.2) is 24.3 Å². The van der Waals surface area contributed by atoms with E-state index in [-0.39, 0.29) is 11.9 Å². The molecule has 20 heavy (non-hydrogen) atoms. The Labute approximate surface area is 119 Å². The quantitative estimate of drug-likeness (QED) is 0.711. The van der Waals surface area contributed by atoms with Gasteiger partial charge >= 0.3 is 0 Å². The molecule has 0 spiro atoms. The van der Waals surface area contributed by atoms with Crippen molar-refractivity contribution in [1.29, 1.82) is 0 Å². The van der Waals surface area contributed by atoms with Crippen molar-refractivity contribution in [2.45, 2.75) is 38.6 Å². The van der Waals surface area contributed by atoms with Gasteiger partial charge in [-0.3, -0.25) is 4.79 Å². The summed E-state index contributed by atoms with van der Waals surface area (Å²) in [4.78, 5) is 12.0. The van der Waals surface area contributed by atoms with Gasteiger partial charge in [-0.25, -0.2) is 0 Å². The second kappa shape index (κ2) is 7.38. The number of hydrogen-bond donors (Lipinski definition) is 3. The molecular formula is C15H22N2O3. The lowest BCUT2D eigenvalue weighted by atomic mass is 10.1. The molecule has 0 aromatic heterocycles. The SMILES string of the molecule is CCOCc1ccccc1CNC(=O)[C@@H]1C[C@@H](O)CN1. The maximum atomic E-state index is 12.0. The summed E-state index contributed by atoms with van der Waals surface area (Å²) in [5.41, 5.74) is 2.15. The van der Waals surface area contributed by atoms with Gasteiger partial charge in [0.2, 0.25) is 5.91 Å². The van der Waals surface area contributed by atoms with E-state index in [0.717, 1.165) is 11.1 Å². The monoisotopic (exact) mass is 278 g/mol. The molecule has 0 radical (unpaired) electrons. The van der Waals surface area contributed by atoms with Gasteiger partial charge in [0.1, 0.15) is 0 Å². The summed E-state index contributed by atoms with van der Waals surface area (Å²) in [6.45, 7) is 4.16. The summed E-state index contributed by atoms with van der Waals surface area (Å²) < 4.78 is 5.42. The molecule has 1 fully saturated rings. The van der Waals surface area contributed by atoms with E-state index in [4.69, 9.17) is 4.74 Å². The van der Waals surface area contributed by atoms with Crippen molar-refractivity contribution in [2.75, 3.05) is 13.2 Å². The van der Waals surface area contributed by atoms with Crippen molar-refractivity contribution in [3.8, 4) is 0 Å². The predicted molar refractivity (Wildman–Crippen MR) is 76.0 cm³/mol. The summed E-state index contributed by atoms with van der Waals surface area (Å²) in [6.07, 6.45) is 0.0582. The molecule has 0 aliphatic carbocycles. The normalized spacial score (nSPS) is 21.9. The molecule has 2 rings (SSSR count). The first-order chi connectivity index (χ1) is 9.70. The van der Waals surface area contributed by atoms with Crippen LogP contribution < -0.4 is 10.6 Å². The van der Waals surface area contributed by atoms with Crippen LogP contribution in [0.4, 0.5) is 0 Å². The highest BCUT2D eigenvalue weighted by molar-refractivity contribution is 5.82. The number of carbonyl (C=O) groups is 1. The first-order valence-corrected chi connectivity index (χ1v) is 7.04. The second-order valence-corrected chi connectivity index (χ2v) is 4.97. The minimum atomic E-state index is -0.420. The average Bonchev–Trinajstić information content (AvgIpc) is 2.90. The molecular weight excluding hydrogens is 256 g/mol. The Morgan fingerprint density at radius 3 is 2.85 bits per heavy atom. The minimum absolute atomic E-state index is 0.0623.